The fourth-order valence-electron chi connectivity index (χ4n) is 0.472. The van der Waals surface area contributed by atoms with Gasteiger partial charge in [-0.2, -0.15) is 0 Å². The minimum absolute atomic E-state index is 0.0205. The SMILES string of the molecule is CNC(C)C=CC(=O)N(C)C. The zero-order valence-corrected chi connectivity index (χ0v) is 7.59. The Labute approximate surface area is 68.1 Å². The highest BCUT2D eigenvalue weighted by molar-refractivity contribution is 5.87. The zero-order chi connectivity index (χ0) is 8.85. The maximum Gasteiger partial charge on any atom is 0.245 e. The van der Waals surface area contributed by atoms with E-state index in [-0.39, 0.29) is 11.9 Å². The molecule has 0 aromatic rings. The van der Waals surface area contributed by atoms with Gasteiger partial charge in [0.1, 0.15) is 0 Å². The lowest BCUT2D eigenvalue weighted by Crippen LogP contribution is -2.22. The topological polar surface area (TPSA) is 32.3 Å². The molecule has 1 atom stereocenters. The second-order valence-electron chi connectivity index (χ2n) is 2.67. The normalized spacial score (nSPS) is 13.5. The predicted molar refractivity (Wildman–Crippen MR) is 46.4 cm³/mol. The van der Waals surface area contributed by atoms with Gasteiger partial charge < -0.3 is 10.2 Å². The summed E-state index contributed by atoms with van der Waals surface area (Å²) < 4.78 is 0. The first-order valence-corrected chi connectivity index (χ1v) is 3.64. The van der Waals surface area contributed by atoms with Crippen LogP contribution in [0.3, 0.4) is 0 Å². The van der Waals surface area contributed by atoms with Crippen LogP contribution in [-0.4, -0.2) is 38.0 Å². The van der Waals surface area contributed by atoms with Gasteiger partial charge in [-0.25, -0.2) is 0 Å². The molecule has 3 heteroatoms. The molecule has 0 saturated heterocycles. The highest BCUT2D eigenvalue weighted by atomic mass is 16.2. The molecule has 0 heterocycles. The first kappa shape index (κ1) is 10.2. The molecule has 0 rings (SSSR count). The van der Waals surface area contributed by atoms with Crippen LogP contribution in [-0.2, 0) is 4.79 Å². The van der Waals surface area contributed by atoms with Crippen molar-refractivity contribution in [3.05, 3.63) is 12.2 Å². The Balaban J connectivity index is 3.83. The van der Waals surface area contributed by atoms with Crippen molar-refractivity contribution in [1.82, 2.24) is 10.2 Å². The monoisotopic (exact) mass is 156 g/mol. The van der Waals surface area contributed by atoms with Crippen molar-refractivity contribution in [3.63, 3.8) is 0 Å². The second kappa shape index (κ2) is 4.91. The summed E-state index contributed by atoms with van der Waals surface area (Å²) in [5.74, 6) is 0.0205. The quantitative estimate of drug-likeness (QED) is 0.594. The molecule has 0 aliphatic heterocycles. The molecule has 3 nitrogen and oxygen atoms in total. The average molecular weight is 156 g/mol. The van der Waals surface area contributed by atoms with Crippen LogP contribution >= 0.6 is 0 Å². The third-order valence-corrected chi connectivity index (χ3v) is 1.42. The second-order valence-corrected chi connectivity index (χ2v) is 2.67. The average Bonchev–Trinajstić information content (AvgIpc) is 1.99. The van der Waals surface area contributed by atoms with Crippen LogP contribution in [0.5, 0.6) is 0 Å². The number of nitrogens with one attached hydrogen (secondary N) is 1. The number of hydrogen-bond donors (Lipinski definition) is 1. The van der Waals surface area contributed by atoms with E-state index < -0.39 is 0 Å². The van der Waals surface area contributed by atoms with Gasteiger partial charge >= 0.3 is 0 Å². The van der Waals surface area contributed by atoms with Gasteiger partial charge in [-0.05, 0) is 14.0 Å². The van der Waals surface area contributed by atoms with Crippen molar-refractivity contribution < 1.29 is 4.79 Å². The van der Waals surface area contributed by atoms with E-state index in [1.165, 1.54) is 0 Å². The zero-order valence-electron chi connectivity index (χ0n) is 7.59. The molecule has 11 heavy (non-hydrogen) atoms. The van der Waals surface area contributed by atoms with Crippen LogP contribution in [0.4, 0.5) is 0 Å². The Kier molecular flexibility index (Phi) is 4.54. The number of hydrogen-bond acceptors (Lipinski definition) is 2. The largest absolute Gasteiger partial charge is 0.345 e. The van der Waals surface area contributed by atoms with E-state index in [0.717, 1.165) is 0 Å². The molecule has 0 aliphatic rings. The molecule has 0 aromatic heterocycles. The number of carbonyl (C=O) groups excluding carboxylic acids is 1. The van der Waals surface area contributed by atoms with Crippen LogP contribution in [0.1, 0.15) is 6.92 Å². The maximum atomic E-state index is 11.0. The highest BCUT2D eigenvalue weighted by Gasteiger charge is 1.97. The van der Waals surface area contributed by atoms with Gasteiger partial charge in [-0.3, -0.25) is 4.79 Å². The Morgan fingerprint density at radius 2 is 2.09 bits per heavy atom. The summed E-state index contributed by atoms with van der Waals surface area (Å²) in [6.07, 6.45) is 3.41. The van der Waals surface area contributed by atoms with Gasteiger partial charge in [0.2, 0.25) is 5.91 Å². The van der Waals surface area contributed by atoms with Crippen LogP contribution in [0.2, 0.25) is 0 Å². The number of amides is 1. The van der Waals surface area contributed by atoms with Crippen molar-refractivity contribution in [2.24, 2.45) is 0 Å². The van der Waals surface area contributed by atoms with E-state index >= 15 is 0 Å². The third-order valence-electron chi connectivity index (χ3n) is 1.42. The molecule has 0 radical (unpaired) electrons. The molecule has 1 N–H and O–H groups in total. The van der Waals surface area contributed by atoms with Crippen molar-refractivity contribution in [1.29, 1.82) is 0 Å². The van der Waals surface area contributed by atoms with Crippen LogP contribution in [0.15, 0.2) is 12.2 Å². The van der Waals surface area contributed by atoms with E-state index in [1.54, 1.807) is 25.1 Å². The van der Waals surface area contributed by atoms with Gasteiger partial charge in [0.15, 0.2) is 0 Å². The third kappa shape index (κ3) is 4.56. The molecule has 1 amide bonds. The van der Waals surface area contributed by atoms with Crippen molar-refractivity contribution in [2.75, 3.05) is 21.1 Å². The van der Waals surface area contributed by atoms with E-state index in [0.29, 0.717) is 0 Å². The molecule has 1 unspecified atom stereocenters. The summed E-state index contributed by atoms with van der Waals surface area (Å²) in [4.78, 5) is 12.5. The number of carbonyl (C=O) groups is 1. The molecule has 0 fully saturated rings. The molecule has 64 valence electrons. The summed E-state index contributed by atoms with van der Waals surface area (Å²) in [5.41, 5.74) is 0. The van der Waals surface area contributed by atoms with E-state index in [1.807, 2.05) is 20.0 Å². The van der Waals surface area contributed by atoms with Gasteiger partial charge in [-0.1, -0.05) is 6.08 Å². The highest BCUT2D eigenvalue weighted by Crippen LogP contribution is 1.86. The lowest BCUT2D eigenvalue weighted by molar-refractivity contribution is -0.123. The summed E-state index contributed by atoms with van der Waals surface area (Å²) >= 11 is 0. The standard InChI is InChI=1S/C8H16N2O/c1-7(9-2)5-6-8(11)10(3)4/h5-7,9H,1-4H3. The minimum atomic E-state index is 0.0205. The first-order valence-electron chi connectivity index (χ1n) is 3.64. The molecule has 0 saturated carbocycles. The minimum Gasteiger partial charge on any atom is -0.345 e. The maximum absolute atomic E-state index is 11.0. The number of likely N-dealkylation sites (N-methyl/N-ethyl adjacent to an activating group) is 2. The van der Waals surface area contributed by atoms with Crippen molar-refractivity contribution in [2.45, 2.75) is 13.0 Å². The first-order chi connectivity index (χ1) is 5.07. The van der Waals surface area contributed by atoms with Crippen LogP contribution in [0.25, 0.3) is 0 Å². The summed E-state index contributed by atoms with van der Waals surface area (Å²) in [5, 5.41) is 3.00. The van der Waals surface area contributed by atoms with E-state index in [2.05, 4.69) is 5.32 Å². The molecular weight excluding hydrogens is 140 g/mol. The summed E-state index contributed by atoms with van der Waals surface area (Å²) in [6.45, 7) is 1.99. The smallest absolute Gasteiger partial charge is 0.245 e. The molecular formula is C8H16N2O. The number of rotatable bonds is 3. The Morgan fingerprint density at radius 1 is 1.55 bits per heavy atom. The lowest BCUT2D eigenvalue weighted by Gasteiger charge is -2.06. The van der Waals surface area contributed by atoms with Gasteiger partial charge in [-0.15, -0.1) is 0 Å². The van der Waals surface area contributed by atoms with E-state index in [4.69, 9.17) is 0 Å². The fourth-order valence-corrected chi connectivity index (χ4v) is 0.472. The summed E-state index contributed by atoms with van der Waals surface area (Å²) in [6, 6.07) is 0.249. The van der Waals surface area contributed by atoms with Gasteiger partial charge in [0.05, 0.1) is 0 Å². The van der Waals surface area contributed by atoms with Crippen molar-refractivity contribution in [3.8, 4) is 0 Å². The lowest BCUT2D eigenvalue weighted by atomic mass is 10.3. The summed E-state index contributed by atoms with van der Waals surface area (Å²) in [7, 11) is 5.32. The Morgan fingerprint density at radius 3 is 2.45 bits per heavy atom. The Bertz CT molecular complexity index is 152. The number of nitrogens with zero attached hydrogens (tertiary/aromatic N) is 1. The van der Waals surface area contributed by atoms with Crippen molar-refractivity contribution >= 4 is 5.91 Å². The molecule has 0 bridgehead atoms. The predicted octanol–water partition coefficient (Wildman–Crippen LogP) is 0.239. The van der Waals surface area contributed by atoms with Crippen LogP contribution in [0, 0.1) is 0 Å². The fraction of sp³-hybridized carbons (Fsp3) is 0.625. The van der Waals surface area contributed by atoms with E-state index in [9.17, 15) is 4.79 Å². The molecule has 0 spiro atoms. The van der Waals surface area contributed by atoms with Gasteiger partial charge in [0.25, 0.3) is 0 Å². The molecule has 0 aliphatic carbocycles. The van der Waals surface area contributed by atoms with Gasteiger partial charge in [0, 0.05) is 26.2 Å². The van der Waals surface area contributed by atoms with Crippen LogP contribution < -0.4 is 5.32 Å². The Hall–Kier alpha value is -0.830. The molecule has 0 aromatic carbocycles.